The van der Waals surface area contributed by atoms with E-state index in [2.05, 4.69) is 19.2 Å². The van der Waals surface area contributed by atoms with Crippen molar-refractivity contribution in [3.8, 4) is 0 Å². The number of nitrogens with zero attached hydrogens (tertiary/aromatic N) is 2. The molecule has 28 heavy (non-hydrogen) atoms. The first-order valence-corrected chi connectivity index (χ1v) is 11.4. The SMILES string of the molecule is CC[C@@H](C)c1ccc(S(=O)(=O)N2CCN(C(=S)NCc3ccco3)CC2)cc1. The summed E-state index contributed by atoms with van der Waals surface area (Å²) in [6.45, 7) is 6.75. The number of hydrogen-bond donors (Lipinski definition) is 1. The third-order valence-corrected chi connectivity index (χ3v) is 7.53. The number of benzene rings is 1. The van der Waals surface area contributed by atoms with E-state index in [0.29, 0.717) is 48.6 Å². The fourth-order valence-electron chi connectivity index (χ4n) is 3.17. The van der Waals surface area contributed by atoms with Crippen LogP contribution in [0, 0.1) is 0 Å². The predicted molar refractivity (Wildman–Crippen MR) is 114 cm³/mol. The summed E-state index contributed by atoms with van der Waals surface area (Å²) >= 11 is 5.43. The van der Waals surface area contributed by atoms with Gasteiger partial charge in [0.05, 0.1) is 17.7 Å². The summed E-state index contributed by atoms with van der Waals surface area (Å²) in [5.41, 5.74) is 1.17. The number of piperazine rings is 1. The van der Waals surface area contributed by atoms with Crippen molar-refractivity contribution in [3.63, 3.8) is 0 Å². The van der Waals surface area contributed by atoms with Crippen molar-refractivity contribution in [1.82, 2.24) is 14.5 Å². The van der Waals surface area contributed by atoms with Gasteiger partial charge in [-0.05, 0) is 54.4 Å². The first kappa shape index (κ1) is 20.8. The molecule has 6 nitrogen and oxygen atoms in total. The molecule has 8 heteroatoms. The quantitative estimate of drug-likeness (QED) is 0.723. The summed E-state index contributed by atoms with van der Waals surface area (Å²) in [7, 11) is -3.48. The molecular formula is C20H27N3O3S2. The summed E-state index contributed by atoms with van der Waals surface area (Å²) < 4.78 is 32.7. The lowest BCUT2D eigenvalue weighted by molar-refractivity contribution is 0.263. The Balaban J connectivity index is 1.56. The lowest BCUT2D eigenvalue weighted by Gasteiger charge is -2.35. The number of thiocarbonyl (C=S) groups is 1. The molecule has 0 radical (unpaired) electrons. The molecule has 2 heterocycles. The molecule has 0 amide bonds. The van der Waals surface area contributed by atoms with E-state index in [4.69, 9.17) is 16.6 Å². The van der Waals surface area contributed by atoms with Gasteiger partial charge in [-0.1, -0.05) is 26.0 Å². The second-order valence-corrected chi connectivity index (χ2v) is 9.33. The van der Waals surface area contributed by atoms with E-state index in [1.807, 2.05) is 29.2 Å². The zero-order valence-electron chi connectivity index (χ0n) is 16.3. The highest BCUT2D eigenvalue weighted by Gasteiger charge is 2.29. The lowest BCUT2D eigenvalue weighted by atomic mass is 9.99. The van der Waals surface area contributed by atoms with Crippen molar-refractivity contribution in [1.29, 1.82) is 0 Å². The van der Waals surface area contributed by atoms with Gasteiger partial charge in [-0.2, -0.15) is 4.31 Å². The highest BCUT2D eigenvalue weighted by molar-refractivity contribution is 7.89. The molecule has 3 rings (SSSR count). The van der Waals surface area contributed by atoms with E-state index in [0.717, 1.165) is 12.2 Å². The Bertz CT molecular complexity index is 872. The Morgan fingerprint density at radius 1 is 1.18 bits per heavy atom. The molecular weight excluding hydrogens is 394 g/mol. The Morgan fingerprint density at radius 2 is 1.86 bits per heavy atom. The maximum atomic E-state index is 12.9. The van der Waals surface area contributed by atoms with Crippen LogP contribution in [0.3, 0.4) is 0 Å². The van der Waals surface area contributed by atoms with Crippen LogP contribution in [0.25, 0.3) is 0 Å². The highest BCUT2D eigenvalue weighted by atomic mass is 32.2. The van der Waals surface area contributed by atoms with Gasteiger partial charge in [-0.15, -0.1) is 0 Å². The fraction of sp³-hybridized carbons (Fsp3) is 0.450. The number of furan rings is 1. The van der Waals surface area contributed by atoms with Gasteiger partial charge in [0, 0.05) is 26.2 Å². The molecule has 152 valence electrons. The van der Waals surface area contributed by atoms with E-state index >= 15 is 0 Å². The van der Waals surface area contributed by atoms with Crippen molar-refractivity contribution in [2.45, 2.75) is 37.6 Å². The second-order valence-electron chi connectivity index (χ2n) is 7.01. The van der Waals surface area contributed by atoms with Crippen LogP contribution < -0.4 is 5.32 Å². The summed E-state index contributed by atoms with van der Waals surface area (Å²) in [6, 6.07) is 11.0. The van der Waals surface area contributed by atoms with Crippen LogP contribution in [-0.2, 0) is 16.6 Å². The van der Waals surface area contributed by atoms with Crippen molar-refractivity contribution in [2.24, 2.45) is 0 Å². The van der Waals surface area contributed by atoms with E-state index in [9.17, 15) is 8.42 Å². The van der Waals surface area contributed by atoms with Crippen LogP contribution in [-0.4, -0.2) is 48.9 Å². The minimum Gasteiger partial charge on any atom is -0.467 e. The number of hydrogen-bond acceptors (Lipinski definition) is 4. The normalized spacial score (nSPS) is 16.7. The van der Waals surface area contributed by atoms with E-state index in [-0.39, 0.29) is 0 Å². The van der Waals surface area contributed by atoms with E-state index < -0.39 is 10.0 Å². The molecule has 1 saturated heterocycles. The largest absolute Gasteiger partial charge is 0.467 e. The van der Waals surface area contributed by atoms with Gasteiger partial charge in [0.15, 0.2) is 5.11 Å². The van der Waals surface area contributed by atoms with Crippen LogP contribution in [0.1, 0.15) is 37.5 Å². The lowest BCUT2D eigenvalue weighted by Crippen LogP contribution is -2.52. The first-order chi connectivity index (χ1) is 13.4. The third-order valence-electron chi connectivity index (χ3n) is 5.22. The van der Waals surface area contributed by atoms with Crippen LogP contribution in [0.2, 0.25) is 0 Å². The summed E-state index contributed by atoms with van der Waals surface area (Å²) in [4.78, 5) is 2.35. The zero-order chi connectivity index (χ0) is 20.1. The topological polar surface area (TPSA) is 65.8 Å². The Labute approximate surface area is 172 Å². The standard InChI is InChI=1S/C20H27N3O3S2/c1-3-16(2)17-6-8-19(9-7-17)28(24,25)23-12-10-22(11-13-23)20(27)21-15-18-5-4-14-26-18/h4-9,14,16H,3,10-13,15H2,1-2H3,(H,21,27)/t16-/m1/s1. The molecule has 1 N–H and O–H groups in total. The highest BCUT2D eigenvalue weighted by Crippen LogP contribution is 2.23. The molecule has 1 aromatic carbocycles. The molecule has 0 spiro atoms. The monoisotopic (exact) mass is 421 g/mol. The molecule has 1 aliphatic heterocycles. The minimum atomic E-state index is -3.48. The van der Waals surface area contributed by atoms with Gasteiger partial charge in [0.1, 0.15) is 5.76 Å². The summed E-state index contributed by atoms with van der Waals surface area (Å²) in [5.74, 6) is 1.24. The maximum absolute atomic E-state index is 12.9. The maximum Gasteiger partial charge on any atom is 0.243 e. The molecule has 0 bridgehead atoms. The van der Waals surface area contributed by atoms with Crippen molar-refractivity contribution >= 4 is 27.4 Å². The third kappa shape index (κ3) is 4.74. The molecule has 1 aliphatic rings. The molecule has 1 fully saturated rings. The zero-order valence-corrected chi connectivity index (χ0v) is 17.9. The van der Waals surface area contributed by atoms with Gasteiger partial charge < -0.3 is 14.6 Å². The smallest absolute Gasteiger partial charge is 0.243 e. The Morgan fingerprint density at radius 3 is 2.43 bits per heavy atom. The van der Waals surface area contributed by atoms with Crippen LogP contribution >= 0.6 is 12.2 Å². The van der Waals surface area contributed by atoms with Gasteiger partial charge in [-0.25, -0.2) is 8.42 Å². The van der Waals surface area contributed by atoms with Crippen LogP contribution in [0.5, 0.6) is 0 Å². The molecule has 0 aliphatic carbocycles. The summed E-state index contributed by atoms with van der Waals surface area (Å²) in [5, 5.41) is 3.77. The average Bonchev–Trinajstić information content (AvgIpc) is 3.25. The summed E-state index contributed by atoms with van der Waals surface area (Å²) in [6.07, 6.45) is 2.65. The fourth-order valence-corrected chi connectivity index (χ4v) is 4.85. The molecule has 1 atom stereocenters. The van der Waals surface area contributed by atoms with Gasteiger partial charge in [-0.3, -0.25) is 0 Å². The minimum absolute atomic E-state index is 0.353. The van der Waals surface area contributed by atoms with Crippen LogP contribution in [0.15, 0.2) is 52.0 Å². The number of sulfonamides is 1. The number of rotatable bonds is 6. The predicted octanol–water partition coefficient (Wildman–Crippen LogP) is 3.17. The molecule has 2 aromatic rings. The van der Waals surface area contributed by atoms with Gasteiger partial charge in [0.2, 0.25) is 10.0 Å². The second kappa shape index (κ2) is 9.07. The van der Waals surface area contributed by atoms with E-state index in [1.54, 1.807) is 18.4 Å². The van der Waals surface area contributed by atoms with Crippen molar-refractivity contribution in [2.75, 3.05) is 26.2 Å². The van der Waals surface area contributed by atoms with Gasteiger partial charge in [0.25, 0.3) is 0 Å². The van der Waals surface area contributed by atoms with Crippen molar-refractivity contribution in [3.05, 3.63) is 54.0 Å². The average molecular weight is 422 g/mol. The Hall–Kier alpha value is -1.90. The van der Waals surface area contributed by atoms with Gasteiger partial charge >= 0.3 is 0 Å². The van der Waals surface area contributed by atoms with E-state index in [1.165, 1.54) is 9.87 Å². The van der Waals surface area contributed by atoms with Crippen molar-refractivity contribution < 1.29 is 12.8 Å². The van der Waals surface area contributed by atoms with Crippen LogP contribution in [0.4, 0.5) is 0 Å². The Kier molecular flexibility index (Phi) is 6.74. The molecule has 0 saturated carbocycles. The molecule has 0 unspecified atom stereocenters. The molecule has 1 aromatic heterocycles. The first-order valence-electron chi connectivity index (χ1n) is 9.57. The number of nitrogens with one attached hydrogen (secondary N) is 1.